The van der Waals surface area contributed by atoms with E-state index in [1.165, 1.54) is 4.68 Å². The summed E-state index contributed by atoms with van der Waals surface area (Å²) in [6, 6.07) is 0. The predicted octanol–water partition coefficient (Wildman–Crippen LogP) is 0.777. The summed E-state index contributed by atoms with van der Waals surface area (Å²) in [5.41, 5.74) is 2.44. The van der Waals surface area contributed by atoms with E-state index in [1.807, 2.05) is 0 Å². The first-order chi connectivity index (χ1) is 10.1. The lowest BCUT2D eigenvalue weighted by Gasteiger charge is -2.24. The van der Waals surface area contributed by atoms with E-state index in [-0.39, 0.29) is 17.4 Å². The SMILES string of the molecule is Cn1[nH]c2c(c1=O)CCN(C(=O)c1nc(C3CC3)co1)C2. The summed E-state index contributed by atoms with van der Waals surface area (Å²) in [7, 11) is 1.68. The molecule has 2 aromatic heterocycles. The van der Waals surface area contributed by atoms with Crippen molar-refractivity contribution in [2.45, 2.75) is 31.7 Å². The first-order valence-electron chi connectivity index (χ1n) is 7.15. The van der Waals surface area contributed by atoms with Gasteiger partial charge >= 0.3 is 5.91 Å². The molecule has 1 fully saturated rings. The number of carbonyl (C=O) groups is 1. The molecule has 0 radical (unpaired) electrons. The van der Waals surface area contributed by atoms with Gasteiger partial charge in [0.2, 0.25) is 0 Å². The summed E-state index contributed by atoms with van der Waals surface area (Å²) in [5, 5.41) is 2.99. The van der Waals surface area contributed by atoms with Gasteiger partial charge in [-0.3, -0.25) is 19.4 Å². The molecule has 1 aliphatic heterocycles. The van der Waals surface area contributed by atoms with Gasteiger partial charge in [0.05, 0.1) is 17.9 Å². The minimum atomic E-state index is -0.211. The van der Waals surface area contributed by atoms with Crippen LogP contribution in [0.2, 0.25) is 0 Å². The van der Waals surface area contributed by atoms with Gasteiger partial charge in [0.15, 0.2) is 0 Å². The summed E-state index contributed by atoms with van der Waals surface area (Å²) in [6.45, 7) is 0.908. The fourth-order valence-electron chi connectivity index (χ4n) is 2.82. The fourth-order valence-corrected chi connectivity index (χ4v) is 2.82. The van der Waals surface area contributed by atoms with Crippen LogP contribution in [0, 0.1) is 0 Å². The van der Waals surface area contributed by atoms with Crippen molar-refractivity contribution in [1.82, 2.24) is 19.7 Å². The molecule has 3 heterocycles. The van der Waals surface area contributed by atoms with Crippen LogP contribution in [0.15, 0.2) is 15.5 Å². The molecule has 0 aromatic carbocycles. The van der Waals surface area contributed by atoms with Crippen LogP contribution in [-0.4, -0.2) is 32.1 Å². The van der Waals surface area contributed by atoms with E-state index in [1.54, 1.807) is 18.2 Å². The summed E-state index contributed by atoms with van der Waals surface area (Å²) >= 11 is 0. The third-order valence-electron chi connectivity index (χ3n) is 4.20. The Morgan fingerprint density at radius 1 is 1.48 bits per heavy atom. The Kier molecular flexibility index (Phi) is 2.57. The lowest BCUT2D eigenvalue weighted by Crippen LogP contribution is -2.37. The molecule has 1 amide bonds. The number of amides is 1. The lowest BCUT2D eigenvalue weighted by atomic mass is 10.1. The Balaban J connectivity index is 1.56. The van der Waals surface area contributed by atoms with E-state index < -0.39 is 0 Å². The van der Waals surface area contributed by atoms with Crippen molar-refractivity contribution in [2.24, 2.45) is 7.05 Å². The molecular formula is C14H16N4O3. The van der Waals surface area contributed by atoms with Gasteiger partial charge in [-0.25, -0.2) is 4.98 Å². The molecule has 110 valence electrons. The number of hydrogen-bond donors (Lipinski definition) is 1. The maximum Gasteiger partial charge on any atom is 0.310 e. The molecule has 0 unspecified atom stereocenters. The zero-order valence-electron chi connectivity index (χ0n) is 11.8. The first kappa shape index (κ1) is 12.4. The van der Waals surface area contributed by atoms with E-state index in [2.05, 4.69) is 10.1 Å². The molecule has 0 bridgehead atoms. The minimum absolute atomic E-state index is 0.00996. The van der Waals surface area contributed by atoms with Crippen molar-refractivity contribution < 1.29 is 9.21 Å². The van der Waals surface area contributed by atoms with Crippen molar-refractivity contribution >= 4 is 5.91 Å². The molecule has 4 rings (SSSR count). The fraction of sp³-hybridized carbons (Fsp3) is 0.500. The average molecular weight is 288 g/mol. The minimum Gasteiger partial charge on any atom is -0.441 e. The second kappa shape index (κ2) is 4.34. The quantitative estimate of drug-likeness (QED) is 0.885. The van der Waals surface area contributed by atoms with Crippen molar-refractivity contribution in [1.29, 1.82) is 0 Å². The number of carbonyl (C=O) groups excluding carboxylic acids is 1. The van der Waals surface area contributed by atoms with Crippen LogP contribution >= 0.6 is 0 Å². The second-order valence-corrected chi connectivity index (χ2v) is 5.76. The predicted molar refractivity (Wildman–Crippen MR) is 73.0 cm³/mol. The molecule has 0 saturated heterocycles. The van der Waals surface area contributed by atoms with Crippen LogP contribution < -0.4 is 5.56 Å². The summed E-state index contributed by atoms with van der Waals surface area (Å²) in [4.78, 5) is 30.2. The van der Waals surface area contributed by atoms with Crippen LogP contribution in [0.1, 0.15) is 46.4 Å². The number of aromatic amines is 1. The third-order valence-corrected chi connectivity index (χ3v) is 4.20. The monoisotopic (exact) mass is 288 g/mol. The molecule has 21 heavy (non-hydrogen) atoms. The lowest BCUT2D eigenvalue weighted by molar-refractivity contribution is 0.0691. The molecule has 1 N–H and O–H groups in total. The van der Waals surface area contributed by atoms with Gasteiger partial charge in [0.25, 0.3) is 11.4 Å². The van der Waals surface area contributed by atoms with Gasteiger partial charge in [-0.1, -0.05) is 0 Å². The van der Waals surface area contributed by atoms with Crippen molar-refractivity contribution in [3.63, 3.8) is 0 Å². The highest BCUT2D eigenvalue weighted by atomic mass is 16.4. The second-order valence-electron chi connectivity index (χ2n) is 5.76. The van der Waals surface area contributed by atoms with Crippen molar-refractivity contribution in [3.05, 3.63) is 39.5 Å². The number of aromatic nitrogens is 3. The normalized spacial score (nSPS) is 17.9. The Labute approximate surface area is 120 Å². The van der Waals surface area contributed by atoms with E-state index in [4.69, 9.17) is 4.42 Å². The van der Waals surface area contributed by atoms with Gasteiger partial charge < -0.3 is 9.32 Å². The van der Waals surface area contributed by atoms with Crippen LogP contribution in [0.4, 0.5) is 0 Å². The van der Waals surface area contributed by atoms with E-state index in [9.17, 15) is 9.59 Å². The Morgan fingerprint density at radius 2 is 2.29 bits per heavy atom. The highest BCUT2D eigenvalue weighted by Crippen LogP contribution is 2.39. The van der Waals surface area contributed by atoms with Gasteiger partial charge in [-0.05, 0) is 19.3 Å². The number of hydrogen-bond acceptors (Lipinski definition) is 4. The molecule has 2 aromatic rings. The third kappa shape index (κ3) is 2.00. The molecule has 0 atom stereocenters. The van der Waals surface area contributed by atoms with Crippen LogP contribution in [0.5, 0.6) is 0 Å². The number of H-pyrrole nitrogens is 1. The van der Waals surface area contributed by atoms with Gasteiger partial charge in [-0.2, -0.15) is 0 Å². The van der Waals surface area contributed by atoms with E-state index >= 15 is 0 Å². The highest BCUT2D eigenvalue weighted by Gasteiger charge is 2.31. The van der Waals surface area contributed by atoms with Crippen molar-refractivity contribution in [2.75, 3.05) is 6.54 Å². The zero-order valence-corrected chi connectivity index (χ0v) is 11.8. The van der Waals surface area contributed by atoms with Crippen LogP contribution in [0.25, 0.3) is 0 Å². The molecular weight excluding hydrogens is 272 g/mol. The van der Waals surface area contributed by atoms with Crippen LogP contribution in [-0.2, 0) is 20.0 Å². The molecule has 7 nitrogen and oxygen atoms in total. The van der Waals surface area contributed by atoms with Gasteiger partial charge in [0, 0.05) is 25.1 Å². The maximum atomic E-state index is 12.4. The Morgan fingerprint density at radius 3 is 3.05 bits per heavy atom. The number of aryl methyl sites for hydroxylation is 1. The molecule has 0 spiro atoms. The molecule has 2 aliphatic rings. The summed E-state index contributed by atoms with van der Waals surface area (Å²) < 4.78 is 6.77. The average Bonchev–Trinajstić information content (AvgIpc) is 3.15. The zero-order chi connectivity index (χ0) is 14.6. The number of fused-ring (bicyclic) bond motifs is 1. The first-order valence-corrected chi connectivity index (χ1v) is 7.15. The summed E-state index contributed by atoms with van der Waals surface area (Å²) in [6.07, 6.45) is 4.40. The number of nitrogens with zero attached hydrogens (tertiary/aromatic N) is 3. The molecule has 1 saturated carbocycles. The van der Waals surface area contributed by atoms with E-state index in [0.717, 1.165) is 29.8 Å². The molecule has 7 heteroatoms. The highest BCUT2D eigenvalue weighted by molar-refractivity contribution is 5.89. The van der Waals surface area contributed by atoms with Gasteiger partial charge in [0.1, 0.15) is 6.26 Å². The smallest absolute Gasteiger partial charge is 0.310 e. The van der Waals surface area contributed by atoms with Crippen molar-refractivity contribution in [3.8, 4) is 0 Å². The number of nitrogens with one attached hydrogen (secondary N) is 1. The maximum absolute atomic E-state index is 12.4. The number of oxazole rings is 1. The Hall–Kier alpha value is -2.31. The standard InChI is InChI=1S/C14H16N4O3/c1-17-13(19)9-4-5-18(6-10(9)16-17)14(20)12-15-11(7-21-12)8-2-3-8/h7-8,16H,2-6H2,1H3. The van der Waals surface area contributed by atoms with E-state index in [0.29, 0.717) is 25.4 Å². The number of rotatable bonds is 2. The summed E-state index contributed by atoms with van der Waals surface area (Å²) in [5.74, 6) is 0.407. The topological polar surface area (TPSA) is 84.1 Å². The Bertz CT molecular complexity index is 766. The molecule has 1 aliphatic carbocycles. The van der Waals surface area contributed by atoms with Gasteiger partial charge in [-0.15, -0.1) is 0 Å². The van der Waals surface area contributed by atoms with Crippen LogP contribution in [0.3, 0.4) is 0 Å². The largest absolute Gasteiger partial charge is 0.441 e.